The van der Waals surface area contributed by atoms with Gasteiger partial charge in [0.15, 0.2) is 5.65 Å². The van der Waals surface area contributed by atoms with Gasteiger partial charge in [0, 0.05) is 43.2 Å². The summed E-state index contributed by atoms with van der Waals surface area (Å²) in [7, 11) is 0. The van der Waals surface area contributed by atoms with Crippen LogP contribution in [0.2, 0.25) is 0 Å². The number of aromatic nitrogens is 3. The SMILES string of the molecule is CC1=CC2(CCN(Cc3cnc4c(-c5ccccc5)cnn4c3)CC2)OCC1. The lowest BCUT2D eigenvalue weighted by Crippen LogP contribution is -2.46. The van der Waals surface area contributed by atoms with Crippen LogP contribution in [-0.2, 0) is 11.3 Å². The fourth-order valence-corrected chi connectivity index (χ4v) is 4.43. The third-order valence-electron chi connectivity index (χ3n) is 6.00. The molecule has 1 fully saturated rings. The van der Waals surface area contributed by atoms with Crippen LogP contribution in [-0.4, -0.2) is 44.8 Å². The second kappa shape index (κ2) is 7.15. The summed E-state index contributed by atoms with van der Waals surface area (Å²) >= 11 is 0. The molecule has 3 aromatic rings. The molecule has 0 amide bonds. The normalized spacial score (nSPS) is 19.8. The van der Waals surface area contributed by atoms with Crippen LogP contribution in [0.4, 0.5) is 0 Å². The van der Waals surface area contributed by atoms with Gasteiger partial charge in [0.05, 0.1) is 18.4 Å². The van der Waals surface area contributed by atoms with Gasteiger partial charge in [0.25, 0.3) is 0 Å². The predicted molar refractivity (Wildman–Crippen MR) is 110 cm³/mol. The Balaban J connectivity index is 1.30. The molecule has 1 aromatic carbocycles. The lowest BCUT2D eigenvalue weighted by molar-refractivity contribution is -0.0577. The van der Waals surface area contributed by atoms with Crippen molar-refractivity contribution in [3.63, 3.8) is 0 Å². The number of nitrogens with zero attached hydrogens (tertiary/aromatic N) is 4. The lowest BCUT2D eigenvalue weighted by Gasteiger charge is -2.42. The van der Waals surface area contributed by atoms with Gasteiger partial charge in [-0.2, -0.15) is 5.10 Å². The van der Waals surface area contributed by atoms with Crippen molar-refractivity contribution in [3.8, 4) is 11.1 Å². The van der Waals surface area contributed by atoms with Crippen molar-refractivity contribution < 1.29 is 4.74 Å². The molecule has 2 aromatic heterocycles. The maximum atomic E-state index is 6.15. The van der Waals surface area contributed by atoms with E-state index in [-0.39, 0.29) is 5.60 Å². The molecule has 0 atom stereocenters. The average Bonchev–Trinajstić information content (AvgIpc) is 3.14. The average molecular weight is 374 g/mol. The number of likely N-dealkylation sites (tertiary alicyclic amines) is 1. The van der Waals surface area contributed by atoms with Crippen molar-refractivity contribution in [2.75, 3.05) is 19.7 Å². The molecule has 2 aliphatic heterocycles. The van der Waals surface area contributed by atoms with Gasteiger partial charge in [-0.1, -0.05) is 42.0 Å². The van der Waals surface area contributed by atoms with Gasteiger partial charge in [-0.05, 0) is 31.7 Å². The van der Waals surface area contributed by atoms with Gasteiger partial charge in [-0.3, -0.25) is 4.90 Å². The summed E-state index contributed by atoms with van der Waals surface area (Å²) in [6.45, 7) is 6.10. The van der Waals surface area contributed by atoms with Gasteiger partial charge in [-0.15, -0.1) is 0 Å². The first-order valence-corrected chi connectivity index (χ1v) is 10.1. The quantitative estimate of drug-likeness (QED) is 0.648. The van der Waals surface area contributed by atoms with Crippen LogP contribution in [0, 0.1) is 0 Å². The summed E-state index contributed by atoms with van der Waals surface area (Å²) in [5, 5.41) is 4.53. The van der Waals surface area contributed by atoms with Crippen molar-refractivity contribution in [1.82, 2.24) is 19.5 Å². The van der Waals surface area contributed by atoms with Gasteiger partial charge >= 0.3 is 0 Å². The molecular weight excluding hydrogens is 348 g/mol. The Kier molecular flexibility index (Phi) is 4.49. The largest absolute Gasteiger partial charge is 0.370 e. The zero-order valence-electron chi connectivity index (χ0n) is 16.3. The smallest absolute Gasteiger partial charge is 0.162 e. The van der Waals surface area contributed by atoms with Gasteiger partial charge < -0.3 is 4.74 Å². The monoisotopic (exact) mass is 374 g/mol. The second-order valence-corrected chi connectivity index (χ2v) is 8.08. The summed E-state index contributed by atoms with van der Waals surface area (Å²) in [5.41, 5.74) is 5.78. The summed E-state index contributed by atoms with van der Waals surface area (Å²) in [6, 6.07) is 10.3. The first kappa shape index (κ1) is 17.6. The molecule has 5 rings (SSSR count). The van der Waals surface area contributed by atoms with Gasteiger partial charge in [-0.25, -0.2) is 9.50 Å². The number of piperidine rings is 1. The lowest BCUT2D eigenvalue weighted by atomic mass is 9.87. The first-order valence-electron chi connectivity index (χ1n) is 10.1. The molecule has 0 bridgehead atoms. The number of fused-ring (bicyclic) bond motifs is 1. The maximum Gasteiger partial charge on any atom is 0.162 e. The highest BCUT2D eigenvalue weighted by atomic mass is 16.5. The minimum absolute atomic E-state index is 0.0202. The highest BCUT2D eigenvalue weighted by Gasteiger charge is 2.35. The van der Waals surface area contributed by atoms with Gasteiger partial charge in [0.1, 0.15) is 0 Å². The van der Waals surface area contributed by atoms with Crippen LogP contribution in [0.1, 0.15) is 31.7 Å². The van der Waals surface area contributed by atoms with E-state index in [4.69, 9.17) is 9.72 Å². The third kappa shape index (κ3) is 3.36. The molecule has 144 valence electrons. The predicted octanol–water partition coefficient (Wildman–Crippen LogP) is 4.10. The fraction of sp³-hybridized carbons (Fsp3) is 0.391. The molecule has 5 heteroatoms. The van der Waals surface area contributed by atoms with Crippen LogP contribution in [0.15, 0.2) is 60.6 Å². The minimum Gasteiger partial charge on any atom is -0.370 e. The number of ether oxygens (including phenoxy) is 1. The number of benzene rings is 1. The number of rotatable bonds is 3. The molecule has 2 aliphatic rings. The fourth-order valence-electron chi connectivity index (χ4n) is 4.43. The summed E-state index contributed by atoms with van der Waals surface area (Å²) < 4.78 is 8.05. The molecule has 28 heavy (non-hydrogen) atoms. The Bertz CT molecular complexity index is 1000. The van der Waals surface area contributed by atoms with E-state index in [9.17, 15) is 0 Å². The van der Waals surface area contributed by atoms with Crippen LogP contribution in [0.25, 0.3) is 16.8 Å². The molecule has 1 saturated heterocycles. The van der Waals surface area contributed by atoms with Crippen molar-refractivity contribution in [3.05, 3.63) is 66.1 Å². The van der Waals surface area contributed by atoms with E-state index >= 15 is 0 Å². The van der Waals surface area contributed by atoms with E-state index in [0.29, 0.717) is 0 Å². The van der Waals surface area contributed by atoms with Crippen LogP contribution < -0.4 is 0 Å². The molecule has 0 radical (unpaired) electrons. The van der Waals surface area contributed by atoms with E-state index in [1.54, 1.807) is 0 Å². The van der Waals surface area contributed by atoms with Crippen molar-refractivity contribution in [2.45, 2.75) is 38.3 Å². The van der Waals surface area contributed by atoms with E-state index < -0.39 is 0 Å². The van der Waals surface area contributed by atoms with Crippen LogP contribution in [0.5, 0.6) is 0 Å². The zero-order valence-corrected chi connectivity index (χ0v) is 16.3. The van der Waals surface area contributed by atoms with Crippen molar-refractivity contribution in [2.24, 2.45) is 0 Å². The van der Waals surface area contributed by atoms with E-state index in [1.165, 1.54) is 11.1 Å². The molecule has 0 unspecified atom stereocenters. The molecule has 0 aliphatic carbocycles. The second-order valence-electron chi connectivity index (χ2n) is 8.08. The summed E-state index contributed by atoms with van der Waals surface area (Å²) in [5.74, 6) is 0. The van der Waals surface area contributed by atoms with Crippen molar-refractivity contribution in [1.29, 1.82) is 0 Å². The first-order chi connectivity index (χ1) is 13.7. The minimum atomic E-state index is -0.0202. The topological polar surface area (TPSA) is 42.7 Å². The molecule has 4 heterocycles. The Morgan fingerprint density at radius 1 is 1.11 bits per heavy atom. The Hall–Kier alpha value is -2.50. The van der Waals surface area contributed by atoms with E-state index in [2.05, 4.69) is 41.3 Å². The van der Waals surface area contributed by atoms with Gasteiger partial charge in [0.2, 0.25) is 0 Å². The number of hydrogen-bond donors (Lipinski definition) is 0. The molecule has 5 nitrogen and oxygen atoms in total. The standard InChI is InChI=1S/C23H26N4O/c1-18-7-12-28-23(13-18)8-10-26(11-9-23)16-19-14-24-22-21(15-25-27(22)17-19)20-5-3-2-4-6-20/h2-6,13-15,17H,7-12,16H2,1H3. The summed E-state index contributed by atoms with van der Waals surface area (Å²) in [6.07, 6.45) is 11.6. The highest BCUT2D eigenvalue weighted by molar-refractivity contribution is 5.76. The maximum absolute atomic E-state index is 6.15. The van der Waals surface area contributed by atoms with Crippen LogP contribution >= 0.6 is 0 Å². The highest BCUT2D eigenvalue weighted by Crippen LogP contribution is 2.33. The molecule has 0 saturated carbocycles. The van der Waals surface area contributed by atoms with Crippen molar-refractivity contribution >= 4 is 5.65 Å². The molecule has 0 N–H and O–H groups in total. The Morgan fingerprint density at radius 2 is 1.93 bits per heavy atom. The Morgan fingerprint density at radius 3 is 2.71 bits per heavy atom. The zero-order chi connectivity index (χ0) is 19.0. The number of hydrogen-bond acceptors (Lipinski definition) is 4. The van der Waals surface area contributed by atoms with E-state index in [0.717, 1.165) is 62.3 Å². The Labute approximate surface area is 165 Å². The van der Waals surface area contributed by atoms with E-state index in [1.807, 2.05) is 35.1 Å². The van der Waals surface area contributed by atoms with Crippen LogP contribution in [0.3, 0.4) is 0 Å². The third-order valence-corrected chi connectivity index (χ3v) is 6.00. The molecule has 1 spiro atoms. The molecular formula is C23H26N4O. The summed E-state index contributed by atoms with van der Waals surface area (Å²) in [4.78, 5) is 7.21.